The van der Waals surface area contributed by atoms with Crippen LogP contribution in [0.15, 0.2) is 72.9 Å². The fraction of sp³-hybridized carbons (Fsp3) is 0.292. The van der Waals surface area contributed by atoms with E-state index in [2.05, 4.69) is 52.3 Å². The lowest BCUT2D eigenvalue weighted by atomic mass is 10.0. The van der Waals surface area contributed by atoms with E-state index in [4.69, 9.17) is 0 Å². The number of nitrogens with one attached hydrogen (secondary N) is 1. The summed E-state index contributed by atoms with van der Waals surface area (Å²) in [5.74, 6) is 0.0242. The molecule has 1 aliphatic rings. The SMILES string of the molecule is Cc1ccc(NC(=O)[C@@H](c2ccccc2)N2CCC[C@@H]2c2cccn2C)cc1. The van der Waals surface area contributed by atoms with Crippen molar-refractivity contribution in [3.8, 4) is 0 Å². The molecular formula is C24H27N3O. The van der Waals surface area contributed by atoms with E-state index in [1.165, 1.54) is 11.3 Å². The highest BCUT2D eigenvalue weighted by Gasteiger charge is 2.37. The summed E-state index contributed by atoms with van der Waals surface area (Å²) in [4.78, 5) is 15.8. The smallest absolute Gasteiger partial charge is 0.246 e. The molecule has 1 aliphatic heterocycles. The molecule has 0 radical (unpaired) electrons. The highest BCUT2D eigenvalue weighted by molar-refractivity contribution is 5.95. The number of amides is 1. The molecule has 3 aromatic rings. The van der Waals surface area contributed by atoms with Crippen molar-refractivity contribution in [3.05, 3.63) is 89.7 Å². The summed E-state index contributed by atoms with van der Waals surface area (Å²) in [5, 5.41) is 3.14. The van der Waals surface area contributed by atoms with Crippen LogP contribution in [0.5, 0.6) is 0 Å². The molecule has 28 heavy (non-hydrogen) atoms. The van der Waals surface area contributed by atoms with Gasteiger partial charge < -0.3 is 9.88 Å². The molecule has 2 heterocycles. The first kappa shape index (κ1) is 18.5. The van der Waals surface area contributed by atoms with Gasteiger partial charge >= 0.3 is 0 Å². The number of hydrogen-bond donors (Lipinski definition) is 1. The van der Waals surface area contributed by atoms with Crippen LogP contribution in [0.4, 0.5) is 5.69 Å². The molecule has 4 rings (SSSR count). The van der Waals surface area contributed by atoms with E-state index in [0.717, 1.165) is 30.6 Å². The van der Waals surface area contributed by atoms with Crippen molar-refractivity contribution in [2.75, 3.05) is 11.9 Å². The van der Waals surface area contributed by atoms with Gasteiger partial charge in [0.05, 0.1) is 6.04 Å². The fourth-order valence-corrected chi connectivity index (χ4v) is 4.21. The van der Waals surface area contributed by atoms with Crippen molar-refractivity contribution >= 4 is 11.6 Å². The van der Waals surface area contributed by atoms with Crippen LogP contribution in [0.2, 0.25) is 0 Å². The van der Waals surface area contributed by atoms with Crippen LogP contribution in [0.1, 0.15) is 41.7 Å². The van der Waals surface area contributed by atoms with E-state index in [1.807, 2.05) is 49.4 Å². The van der Waals surface area contributed by atoms with Crippen LogP contribution in [0, 0.1) is 6.92 Å². The Hall–Kier alpha value is -2.85. The third-order valence-corrected chi connectivity index (χ3v) is 5.63. The minimum absolute atomic E-state index is 0.0242. The Bertz CT molecular complexity index is 930. The van der Waals surface area contributed by atoms with Gasteiger partial charge in [0.15, 0.2) is 0 Å². The minimum Gasteiger partial charge on any atom is -0.353 e. The van der Waals surface area contributed by atoms with Crippen molar-refractivity contribution in [2.24, 2.45) is 7.05 Å². The van der Waals surface area contributed by atoms with Crippen LogP contribution in [0.25, 0.3) is 0 Å². The lowest BCUT2D eigenvalue weighted by molar-refractivity contribution is -0.122. The molecule has 2 atom stereocenters. The Morgan fingerprint density at radius 2 is 1.79 bits per heavy atom. The maximum absolute atomic E-state index is 13.4. The lowest BCUT2D eigenvalue weighted by Crippen LogP contribution is -2.37. The van der Waals surface area contributed by atoms with Gasteiger partial charge in [0.1, 0.15) is 6.04 Å². The number of nitrogens with zero attached hydrogens (tertiary/aromatic N) is 2. The maximum atomic E-state index is 13.4. The number of benzene rings is 2. The van der Waals surface area contributed by atoms with Gasteiger partial charge in [0.25, 0.3) is 0 Å². The summed E-state index contributed by atoms with van der Waals surface area (Å²) in [6.45, 7) is 2.96. The first-order valence-corrected chi connectivity index (χ1v) is 9.93. The van der Waals surface area contributed by atoms with Crippen LogP contribution in [0.3, 0.4) is 0 Å². The lowest BCUT2D eigenvalue weighted by Gasteiger charge is -2.33. The Morgan fingerprint density at radius 3 is 2.46 bits per heavy atom. The first-order valence-electron chi connectivity index (χ1n) is 9.93. The minimum atomic E-state index is -0.315. The third kappa shape index (κ3) is 3.73. The average molecular weight is 374 g/mol. The largest absolute Gasteiger partial charge is 0.353 e. The summed E-state index contributed by atoms with van der Waals surface area (Å²) in [6.07, 6.45) is 4.24. The zero-order chi connectivity index (χ0) is 19.5. The van der Waals surface area contributed by atoms with Gasteiger partial charge in [-0.2, -0.15) is 0 Å². The molecule has 0 saturated carbocycles. The molecule has 0 spiro atoms. The van der Waals surface area contributed by atoms with Crippen molar-refractivity contribution in [3.63, 3.8) is 0 Å². The summed E-state index contributed by atoms with van der Waals surface area (Å²) in [7, 11) is 2.08. The number of rotatable bonds is 5. The van der Waals surface area contributed by atoms with E-state index >= 15 is 0 Å². The quantitative estimate of drug-likeness (QED) is 0.694. The van der Waals surface area contributed by atoms with Gasteiger partial charge in [-0.25, -0.2) is 0 Å². The first-order chi connectivity index (χ1) is 13.6. The second kappa shape index (κ2) is 8.03. The number of aromatic nitrogens is 1. The summed E-state index contributed by atoms with van der Waals surface area (Å²) in [5.41, 5.74) is 4.32. The van der Waals surface area contributed by atoms with Crippen molar-refractivity contribution in [1.29, 1.82) is 0 Å². The monoisotopic (exact) mass is 373 g/mol. The maximum Gasteiger partial charge on any atom is 0.246 e. The molecule has 2 aromatic carbocycles. The van der Waals surface area contributed by atoms with Gasteiger partial charge in [-0.3, -0.25) is 9.69 Å². The summed E-state index contributed by atoms with van der Waals surface area (Å²) < 4.78 is 2.17. The highest BCUT2D eigenvalue weighted by atomic mass is 16.2. The van der Waals surface area contributed by atoms with Crippen LogP contribution in [-0.2, 0) is 11.8 Å². The van der Waals surface area contributed by atoms with Crippen LogP contribution < -0.4 is 5.32 Å². The fourth-order valence-electron chi connectivity index (χ4n) is 4.21. The van der Waals surface area contributed by atoms with Gasteiger partial charge in [0.2, 0.25) is 5.91 Å². The number of anilines is 1. The number of carbonyl (C=O) groups is 1. The second-order valence-corrected chi connectivity index (χ2v) is 7.61. The van der Waals surface area contributed by atoms with Crippen molar-refractivity contribution in [1.82, 2.24) is 9.47 Å². The topological polar surface area (TPSA) is 37.3 Å². The molecule has 0 aliphatic carbocycles. The van der Waals surface area contributed by atoms with Gasteiger partial charge in [-0.1, -0.05) is 48.0 Å². The molecule has 4 heteroatoms. The van der Waals surface area contributed by atoms with E-state index < -0.39 is 0 Å². The van der Waals surface area contributed by atoms with Crippen molar-refractivity contribution < 1.29 is 4.79 Å². The van der Waals surface area contributed by atoms with E-state index in [1.54, 1.807) is 0 Å². The van der Waals surface area contributed by atoms with E-state index in [-0.39, 0.29) is 18.0 Å². The normalized spacial score (nSPS) is 18.1. The highest BCUT2D eigenvalue weighted by Crippen LogP contribution is 2.39. The number of hydrogen-bond acceptors (Lipinski definition) is 2. The number of aryl methyl sites for hydroxylation is 2. The molecule has 1 aromatic heterocycles. The standard InChI is InChI=1S/C24H27N3O/c1-18-12-14-20(15-13-18)25-24(28)23(19-8-4-3-5-9-19)27-17-7-11-22(27)21-10-6-16-26(21)2/h3-6,8-10,12-16,22-23H,7,11,17H2,1-2H3,(H,25,28)/t22-,23-/m1/s1. The molecular weight excluding hydrogens is 346 g/mol. The molecule has 1 saturated heterocycles. The van der Waals surface area contributed by atoms with Crippen molar-refractivity contribution in [2.45, 2.75) is 31.8 Å². The van der Waals surface area contributed by atoms with Gasteiger partial charge in [0, 0.05) is 24.6 Å². The predicted molar refractivity (Wildman–Crippen MR) is 113 cm³/mol. The third-order valence-electron chi connectivity index (χ3n) is 5.63. The Kier molecular flexibility index (Phi) is 5.31. The number of likely N-dealkylation sites (tertiary alicyclic amines) is 1. The summed E-state index contributed by atoms with van der Waals surface area (Å²) in [6, 6.07) is 22.3. The van der Waals surface area contributed by atoms with Crippen LogP contribution >= 0.6 is 0 Å². The predicted octanol–water partition coefficient (Wildman–Crippen LogP) is 4.85. The molecule has 1 fully saturated rings. The average Bonchev–Trinajstić information content (AvgIpc) is 3.33. The van der Waals surface area contributed by atoms with E-state index in [9.17, 15) is 4.79 Å². The second-order valence-electron chi connectivity index (χ2n) is 7.61. The molecule has 144 valence electrons. The van der Waals surface area contributed by atoms with Gasteiger partial charge in [-0.15, -0.1) is 0 Å². The zero-order valence-electron chi connectivity index (χ0n) is 16.5. The Balaban J connectivity index is 1.66. The molecule has 0 unspecified atom stereocenters. The van der Waals surface area contributed by atoms with Crippen LogP contribution in [-0.4, -0.2) is 21.9 Å². The van der Waals surface area contributed by atoms with E-state index in [0.29, 0.717) is 0 Å². The molecule has 4 nitrogen and oxygen atoms in total. The Labute approximate surface area is 166 Å². The van der Waals surface area contributed by atoms with Gasteiger partial charge in [-0.05, 0) is 56.1 Å². The molecule has 1 N–H and O–H groups in total. The molecule has 0 bridgehead atoms. The molecule has 1 amide bonds. The number of carbonyl (C=O) groups excluding carboxylic acids is 1. The zero-order valence-corrected chi connectivity index (χ0v) is 16.5. The summed E-state index contributed by atoms with van der Waals surface area (Å²) >= 11 is 0. The Morgan fingerprint density at radius 1 is 1.04 bits per heavy atom.